The molecule has 0 aliphatic heterocycles. The van der Waals surface area contributed by atoms with Crippen LogP contribution in [0.1, 0.15) is 17.2 Å². The van der Waals surface area contributed by atoms with Crippen molar-refractivity contribution in [2.24, 2.45) is 7.05 Å². The fraction of sp³-hybridized carbons (Fsp3) is 0.300. The van der Waals surface area contributed by atoms with Crippen LogP contribution >= 0.6 is 11.3 Å². The summed E-state index contributed by atoms with van der Waals surface area (Å²) in [7, 11) is 1.74. The number of aliphatic hydroxyl groups excluding tert-OH is 1. The molecule has 0 aliphatic carbocycles. The lowest BCUT2D eigenvalue weighted by Gasteiger charge is -2.13. The van der Waals surface area contributed by atoms with Gasteiger partial charge in [0.2, 0.25) is 0 Å². The average Bonchev–Trinajstić information content (AvgIpc) is 2.97. The number of aromatic nitrogens is 1. The van der Waals surface area contributed by atoms with Crippen molar-refractivity contribution in [3.63, 3.8) is 0 Å². The maximum atomic E-state index is 11.7. The van der Waals surface area contributed by atoms with Crippen LogP contribution < -0.4 is 14.9 Å². The first-order chi connectivity index (χ1) is 13.4. The molecule has 0 saturated carbocycles. The largest absolute Gasteiger partial charge is 0.482 e. The van der Waals surface area contributed by atoms with Crippen LogP contribution in [-0.4, -0.2) is 40.4 Å². The van der Waals surface area contributed by atoms with E-state index in [9.17, 15) is 14.7 Å². The van der Waals surface area contributed by atoms with E-state index in [1.165, 1.54) is 11.3 Å². The predicted octanol–water partition coefficient (Wildman–Crippen LogP) is 1.93. The first kappa shape index (κ1) is 20.1. The van der Waals surface area contributed by atoms with Gasteiger partial charge in [0.25, 0.3) is 0 Å². The molecule has 1 aromatic heterocycles. The first-order valence-electron chi connectivity index (χ1n) is 8.86. The number of hydrogen-bond donors (Lipinski definition) is 3. The Kier molecular flexibility index (Phi) is 6.45. The minimum Gasteiger partial charge on any atom is -0.482 e. The summed E-state index contributed by atoms with van der Waals surface area (Å²) in [5.74, 6) is -0.486. The van der Waals surface area contributed by atoms with Crippen LogP contribution in [0.3, 0.4) is 0 Å². The van der Waals surface area contributed by atoms with Crippen LogP contribution in [0.5, 0.6) is 5.75 Å². The van der Waals surface area contributed by atoms with E-state index >= 15 is 0 Å². The van der Waals surface area contributed by atoms with E-state index in [1.807, 2.05) is 30.3 Å². The molecule has 28 heavy (non-hydrogen) atoms. The van der Waals surface area contributed by atoms with Crippen molar-refractivity contribution < 1.29 is 19.7 Å². The van der Waals surface area contributed by atoms with Crippen LogP contribution in [-0.2, 0) is 18.3 Å². The number of ether oxygens (including phenoxy) is 1. The van der Waals surface area contributed by atoms with Gasteiger partial charge in [-0.05, 0) is 48.4 Å². The zero-order valence-corrected chi connectivity index (χ0v) is 16.2. The maximum absolute atomic E-state index is 11.7. The van der Waals surface area contributed by atoms with Gasteiger partial charge in [-0.2, -0.15) is 0 Å². The predicted molar refractivity (Wildman–Crippen MR) is 108 cm³/mol. The molecule has 1 heterocycles. The highest BCUT2D eigenvalue weighted by Crippen LogP contribution is 2.22. The maximum Gasteiger partial charge on any atom is 0.341 e. The first-order valence-corrected chi connectivity index (χ1v) is 9.67. The number of nitrogens with zero attached hydrogens (tertiary/aromatic N) is 1. The lowest BCUT2D eigenvalue weighted by atomic mass is 10.1. The summed E-state index contributed by atoms with van der Waals surface area (Å²) in [4.78, 5) is 22.2. The third-order valence-electron chi connectivity index (χ3n) is 4.41. The molecule has 0 amide bonds. The van der Waals surface area contributed by atoms with E-state index < -0.39 is 12.1 Å². The fourth-order valence-corrected chi connectivity index (χ4v) is 3.77. The molecule has 0 saturated heterocycles. The third kappa shape index (κ3) is 4.98. The number of aliphatic carboxylic acids is 1. The molecule has 3 rings (SSSR count). The van der Waals surface area contributed by atoms with Gasteiger partial charge < -0.3 is 24.8 Å². The fourth-order valence-electron chi connectivity index (χ4n) is 2.84. The van der Waals surface area contributed by atoms with Crippen molar-refractivity contribution in [2.45, 2.75) is 12.5 Å². The number of aliphatic hydroxyl groups is 1. The minimum absolute atomic E-state index is 0.0147. The second-order valence-corrected chi connectivity index (χ2v) is 7.44. The van der Waals surface area contributed by atoms with Gasteiger partial charge in [-0.25, -0.2) is 4.79 Å². The number of carboxylic acids is 1. The summed E-state index contributed by atoms with van der Waals surface area (Å²) in [5.41, 5.74) is 2.73. The van der Waals surface area contributed by atoms with Crippen molar-refractivity contribution in [3.05, 3.63) is 63.3 Å². The highest BCUT2D eigenvalue weighted by molar-refractivity contribution is 7.16. The summed E-state index contributed by atoms with van der Waals surface area (Å²) < 4.78 is 7.57. The molecule has 7 nitrogen and oxygen atoms in total. The Balaban J connectivity index is 1.47. The van der Waals surface area contributed by atoms with Crippen LogP contribution in [0.2, 0.25) is 0 Å². The number of carboxylic acid groups (broad SMARTS) is 1. The number of benzene rings is 2. The van der Waals surface area contributed by atoms with Gasteiger partial charge in [-0.3, -0.25) is 4.79 Å². The van der Waals surface area contributed by atoms with Crippen LogP contribution in [0, 0.1) is 0 Å². The van der Waals surface area contributed by atoms with Gasteiger partial charge in [0.05, 0.1) is 16.3 Å². The van der Waals surface area contributed by atoms with E-state index in [4.69, 9.17) is 9.84 Å². The van der Waals surface area contributed by atoms with E-state index in [2.05, 4.69) is 5.32 Å². The Morgan fingerprint density at radius 1 is 1.25 bits per heavy atom. The standard InChI is InChI=1S/C20H22N2O5S/c1-22-16-7-4-14(10-18(16)28-20(22)26)17(23)11-21-9-8-13-2-5-15(6-3-13)27-12-19(24)25/h2-7,10,17,21,23H,8-9,11-12H2,1H3,(H,24,25). The van der Waals surface area contributed by atoms with Crippen LogP contribution in [0.15, 0.2) is 47.3 Å². The van der Waals surface area contributed by atoms with Gasteiger partial charge in [-0.15, -0.1) is 0 Å². The number of fused-ring (bicyclic) bond motifs is 1. The Morgan fingerprint density at radius 2 is 2.00 bits per heavy atom. The van der Waals surface area contributed by atoms with Crippen molar-refractivity contribution in [3.8, 4) is 5.75 Å². The van der Waals surface area contributed by atoms with Crippen molar-refractivity contribution in [1.82, 2.24) is 9.88 Å². The van der Waals surface area contributed by atoms with Gasteiger partial charge in [0.1, 0.15) is 5.75 Å². The molecule has 3 aromatic rings. The molecular weight excluding hydrogens is 380 g/mol. The molecule has 0 aliphatic rings. The second-order valence-electron chi connectivity index (χ2n) is 6.45. The third-order valence-corrected chi connectivity index (χ3v) is 5.41. The summed E-state index contributed by atoms with van der Waals surface area (Å²) in [6.07, 6.45) is 0.115. The average molecular weight is 402 g/mol. The normalized spacial score (nSPS) is 12.2. The van der Waals surface area contributed by atoms with E-state index in [-0.39, 0.29) is 11.5 Å². The Bertz CT molecular complexity index is 1010. The minimum atomic E-state index is -1.01. The molecule has 2 aromatic carbocycles. The molecule has 1 unspecified atom stereocenters. The molecule has 3 N–H and O–H groups in total. The zero-order valence-electron chi connectivity index (χ0n) is 15.4. The quantitative estimate of drug-likeness (QED) is 0.473. The number of nitrogens with one attached hydrogen (secondary N) is 1. The number of aryl methyl sites for hydroxylation is 1. The molecule has 0 fully saturated rings. The summed E-state index contributed by atoms with van der Waals surface area (Å²) in [6, 6.07) is 12.8. The molecule has 1 atom stereocenters. The number of thiazole rings is 1. The second kappa shape index (κ2) is 9.01. The summed E-state index contributed by atoms with van der Waals surface area (Å²) in [6.45, 7) is 0.741. The summed E-state index contributed by atoms with van der Waals surface area (Å²) in [5, 5.41) is 22.2. The molecule has 0 spiro atoms. The van der Waals surface area contributed by atoms with Crippen molar-refractivity contribution >= 4 is 27.5 Å². The van der Waals surface area contributed by atoms with Crippen LogP contribution in [0.4, 0.5) is 0 Å². The Morgan fingerprint density at radius 3 is 2.71 bits per heavy atom. The van der Waals surface area contributed by atoms with E-state index in [0.717, 1.165) is 27.8 Å². The number of rotatable bonds is 9. The van der Waals surface area contributed by atoms with Gasteiger partial charge >= 0.3 is 10.8 Å². The van der Waals surface area contributed by atoms with Crippen LogP contribution in [0.25, 0.3) is 10.2 Å². The lowest BCUT2D eigenvalue weighted by Crippen LogP contribution is -2.23. The monoisotopic (exact) mass is 402 g/mol. The molecule has 0 radical (unpaired) electrons. The number of hydrogen-bond acceptors (Lipinski definition) is 6. The molecule has 8 heteroatoms. The van der Waals surface area contributed by atoms with Crippen molar-refractivity contribution in [2.75, 3.05) is 19.7 Å². The summed E-state index contributed by atoms with van der Waals surface area (Å²) >= 11 is 1.18. The van der Waals surface area contributed by atoms with Gasteiger partial charge in [0, 0.05) is 13.6 Å². The molecular formula is C20H22N2O5S. The molecule has 0 bridgehead atoms. The highest BCUT2D eigenvalue weighted by atomic mass is 32.1. The number of carbonyl (C=O) groups is 1. The smallest absolute Gasteiger partial charge is 0.341 e. The SMILES string of the molecule is Cn1c(=O)sc2cc(C(O)CNCCc3ccc(OCC(=O)O)cc3)ccc21. The van der Waals surface area contributed by atoms with Gasteiger partial charge in [0.15, 0.2) is 6.61 Å². The Hall–Kier alpha value is -2.68. The van der Waals surface area contributed by atoms with E-state index in [1.54, 1.807) is 23.7 Å². The van der Waals surface area contributed by atoms with Gasteiger partial charge in [-0.1, -0.05) is 29.5 Å². The van der Waals surface area contributed by atoms with Crippen molar-refractivity contribution in [1.29, 1.82) is 0 Å². The molecule has 148 valence electrons. The van der Waals surface area contributed by atoms with E-state index in [0.29, 0.717) is 18.8 Å². The topological polar surface area (TPSA) is 101 Å². The Labute approximate surface area is 165 Å². The zero-order chi connectivity index (χ0) is 20.1. The highest BCUT2D eigenvalue weighted by Gasteiger charge is 2.11. The lowest BCUT2D eigenvalue weighted by molar-refractivity contribution is -0.139.